The number of aliphatic carboxylic acids is 1. The highest BCUT2D eigenvalue weighted by Gasteiger charge is 2.38. The van der Waals surface area contributed by atoms with E-state index in [1.807, 2.05) is 24.3 Å². The summed E-state index contributed by atoms with van der Waals surface area (Å²) in [5.41, 5.74) is 4.45. The van der Waals surface area contributed by atoms with Crippen molar-refractivity contribution < 1.29 is 31.5 Å². The molecule has 4 aromatic rings. The van der Waals surface area contributed by atoms with Crippen molar-refractivity contribution >= 4 is 32.6 Å². The summed E-state index contributed by atoms with van der Waals surface area (Å²) in [7, 11) is -3.76. The van der Waals surface area contributed by atoms with Crippen LogP contribution in [0, 0.1) is 0 Å². The van der Waals surface area contributed by atoms with E-state index in [2.05, 4.69) is 50.7 Å². The summed E-state index contributed by atoms with van der Waals surface area (Å²) in [6.45, 7) is 8.83. The van der Waals surface area contributed by atoms with Crippen molar-refractivity contribution in [3.05, 3.63) is 90.6 Å². The molecule has 0 spiro atoms. The molecule has 0 unspecified atom stereocenters. The van der Waals surface area contributed by atoms with Crippen molar-refractivity contribution in [1.29, 1.82) is 0 Å². The van der Waals surface area contributed by atoms with Gasteiger partial charge >= 0.3 is 12.1 Å². The molecule has 1 aliphatic heterocycles. The zero-order chi connectivity index (χ0) is 30.3. The number of anilines is 1. The maximum absolute atomic E-state index is 13.0. The second-order valence-corrected chi connectivity index (χ2v) is 11.4. The van der Waals surface area contributed by atoms with Gasteiger partial charge in [-0.2, -0.15) is 13.2 Å². The fraction of sp³-hybridized carbons (Fsp3) is 0.267. The van der Waals surface area contributed by atoms with E-state index in [9.17, 15) is 21.6 Å². The summed E-state index contributed by atoms with van der Waals surface area (Å²) in [4.78, 5) is 18.3. The number of nitrogens with zero attached hydrogens (tertiary/aromatic N) is 3. The van der Waals surface area contributed by atoms with Gasteiger partial charge in [-0.3, -0.25) is 14.6 Å². The molecule has 3 aromatic carbocycles. The van der Waals surface area contributed by atoms with Gasteiger partial charge in [0.15, 0.2) is 0 Å². The van der Waals surface area contributed by atoms with E-state index in [0.29, 0.717) is 11.2 Å². The number of pyridine rings is 1. The number of hydrogen-bond donors (Lipinski definition) is 2. The van der Waals surface area contributed by atoms with Gasteiger partial charge < -0.3 is 10.0 Å². The minimum absolute atomic E-state index is 0.173. The quantitative estimate of drug-likeness (QED) is 0.290. The first-order chi connectivity index (χ1) is 20.0. The number of halogens is 3. The molecule has 0 radical (unpaired) electrons. The topological polar surface area (TPSA) is 103 Å². The number of rotatable bonds is 7. The Bertz CT molecular complexity index is 1600. The van der Waals surface area contributed by atoms with E-state index < -0.39 is 22.2 Å². The van der Waals surface area contributed by atoms with Gasteiger partial charge in [-0.05, 0) is 47.5 Å². The molecule has 8 nitrogen and oxygen atoms in total. The molecule has 1 aliphatic rings. The Morgan fingerprint density at radius 2 is 1.43 bits per heavy atom. The number of para-hydroxylation sites is 1. The highest BCUT2D eigenvalue weighted by molar-refractivity contribution is 7.93. The fourth-order valence-electron chi connectivity index (χ4n) is 4.56. The second-order valence-electron chi connectivity index (χ2n) is 9.72. The van der Waals surface area contributed by atoms with Gasteiger partial charge in [0.25, 0.3) is 10.0 Å². The van der Waals surface area contributed by atoms with Crippen molar-refractivity contribution in [2.24, 2.45) is 0 Å². The Morgan fingerprint density at radius 3 is 2.00 bits per heavy atom. The van der Waals surface area contributed by atoms with E-state index >= 15 is 0 Å². The number of nitrogens with one attached hydrogen (secondary N) is 1. The second kappa shape index (κ2) is 13.3. The van der Waals surface area contributed by atoms with E-state index in [-0.39, 0.29) is 4.90 Å². The van der Waals surface area contributed by atoms with E-state index in [1.165, 1.54) is 5.56 Å². The normalized spacial score (nSPS) is 14.7. The maximum atomic E-state index is 13.0. The first-order valence-electron chi connectivity index (χ1n) is 13.3. The molecule has 0 bridgehead atoms. The minimum Gasteiger partial charge on any atom is -0.475 e. The van der Waals surface area contributed by atoms with Gasteiger partial charge in [-0.25, -0.2) is 13.2 Å². The number of likely N-dealkylation sites (N-methyl/N-ethyl adjacent to an activating group) is 1. The third kappa shape index (κ3) is 8.05. The van der Waals surface area contributed by atoms with Crippen LogP contribution in [0.2, 0.25) is 0 Å². The molecule has 1 aromatic heterocycles. The lowest BCUT2D eigenvalue weighted by Gasteiger charge is -2.34. The lowest BCUT2D eigenvalue weighted by atomic mass is 10.0. The van der Waals surface area contributed by atoms with Crippen LogP contribution in [0.4, 0.5) is 18.9 Å². The largest absolute Gasteiger partial charge is 0.490 e. The fourth-order valence-corrected chi connectivity index (χ4v) is 5.80. The van der Waals surface area contributed by atoms with Gasteiger partial charge in [0, 0.05) is 50.0 Å². The monoisotopic (exact) mass is 600 g/mol. The van der Waals surface area contributed by atoms with Crippen LogP contribution in [0.5, 0.6) is 0 Å². The van der Waals surface area contributed by atoms with Crippen molar-refractivity contribution in [2.75, 3.05) is 37.4 Å². The lowest BCUT2D eigenvalue weighted by Crippen LogP contribution is -2.45. The third-order valence-corrected chi connectivity index (χ3v) is 8.28. The number of benzene rings is 3. The Hall–Kier alpha value is -4.00. The minimum atomic E-state index is -5.08. The standard InChI is InChI=1S/C28H30N4O2S.C2HF3O2/c1-2-31-17-19-32(20-18-31)21-22-8-10-23(11-9-22)24-12-14-26(15-13-24)30-35(33,34)27-7-3-5-25-6-4-16-29-28(25)27;3-2(4,5)1(6)7/h3-16,30H,2,17-21H2,1H3;(H,6,7). The number of fused-ring (bicyclic) bond motifs is 1. The Kier molecular flexibility index (Phi) is 9.81. The third-order valence-electron chi connectivity index (χ3n) is 6.87. The molecule has 222 valence electrons. The van der Waals surface area contributed by atoms with Gasteiger partial charge in [0.2, 0.25) is 0 Å². The molecule has 2 N–H and O–H groups in total. The van der Waals surface area contributed by atoms with Gasteiger partial charge in [-0.15, -0.1) is 0 Å². The van der Waals surface area contributed by atoms with Crippen LogP contribution >= 0.6 is 0 Å². The van der Waals surface area contributed by atoms with Gasteiger partial charge in [-0.1, -0.05) is 61.5 Å². The highest BCUT2D eigenvalue weighted by Crippen LogP contribution is 2.26. The average molecular weight is 601 g/mol. The summed E-state index contributed by atoms with van der Waals surface area (Å²) in [6, 6.07) is 24.9. The molecule has 12 heteroatoms. The molecule has 0 saturated carbocycles. The number of piperazine rings is 1. The molecular weight excluding hydrogens is 569 g/mol. The van der Waals surface area contributed by atoms with Crippen molar-refractivity contribution in [2.45, 2.75) is 24.5 Å². The Balaban J connectivity index is 0.000000517. The summed E-state index contributed by atoms with van der Waals surface area (Å²) in [5.74, 6) is -2.76. The molecule has 5 rings (SSSR count). The number of carbonyl (C=O) groups is 1. The van der Waals surface area contributed by atoms with Crippen LogP contribution in [-0.2, 0) is 21.4 Å². The molecule has 1 saturated heterocycles. The van der Waals surface area contributed by atoms with Crippen LogP contribution in [0.3, 0.4) is 0 Å². The zero-order valence-electron chi connectivity index (χ0n) is 22.9. The summed E-state index contributed by atoms with van der Waals surface area (Å²) >= 11 is 0. The smallest absolute Gasteiger partial charge is 0.475 e. The first kappa shape index (κ1) is 30.9. The number of carboxylic acid groups (broad SMARTS) is 1. The summed E-state index contributed by atoms with van der Waals surface area (Å²) in [6.07, 6.45) is -3.48. The van der Waals surface area contributed by atoms with Crippen LogP contribution < -0.4 is 4.72 Å². The summed E-state index contributed by atoms with van der Waals surface area (Å²) < 4.78 is 60.5. The van der Waals surface area contributed by atoms with E-state index in [1.54, 1.807) is 36.5 Å². The first-order valence-corrected chi connectivity index (χ1v) is 14.8. The van der Waals surface area contributed by atoms with E-state index in [4.69, 9.17) is 9.90 Å². The SMILES string of the molecule is CCN1CCN(Cc2ccc(-c3ccc(NS(=O)(=O)c4cccc5cccnc45)cc3)cc2)CC1.O=C(O)C(F)(F)F. The molecule has 1 fully saturated rings. The summed E-state index contributed by atoms with van der Waals surface area (Å²) in [5, 5.41) is 7.91. The molecule has 42 heavy (non-hydrogen) atoms. The van der Waals surface area contributed by atoms with Crippen LogP contribution in [0.1, 0.15) is 12.5 Å². The maximum Gasteiger partial charge on any atom is 0.490 e. The molecule has 2 heterocycles. The van der Waals surface area contributed by atoms with Crippen molar-refractivity contribution in [3.63, 3.8) is 0 Å². The Labute approximate surface area is 242 Å². The van der Waals surface area contributed by atoms with Crippen molar-refractivity contribution in [3.8, 4) is 11.1 Å². The number of alkyl halides is 3. The lowest BCUT2D eigenvalue weighted by molar-refractivity contribution is -0.192. The predicted molar refractivity (Wildman–Crippen MR) is 156 cm³/mol. The molecule has 0 amide bonds. The number of carboxylic acids is 1. The zero-order valence-corrected chi connectivity index (χ0v) is 23.7. The number of sulfonamides is 1. The van der Waals surface area contributed by atoms with Gasteiger partial charge in [0.05, 0.1) is 5.52 Å². The van der Waals surface area contributed by atoms with Gasteiger partial charge in [0.1, 0.15) is 4.90 Å². The predicted octanol–water partition coefficient (Wildman–Crippen LogP) is 5.47. The average Bonchev–Trinajstić information content (AvgIpc) is 2.98. The van der Waals surface area contributed by atoms with Crippen LogP contribution in [-0.4, -0.2) is 73.2 Å². The van der Waals surface area contributed by atoms with E-state index in [0.717, 1.165) is 55.8 Å². The van der Waals surface area contributed by atoms with Crippen LogP contribution in [0.25, 0.3) is 22.0 Å². The van der Waals surface area contributed by atoms with Crippen LogP contribution in [0.15, 0.2) is 90.0 Å². The molecule has 0 atom stereocenters. The highest BCUT2D eigenvalue weighted by atomic mass is 32.2. The molecule has 0 aliphatic carbocycles. The molecular formula is C30H31F3N4O4S. The number of hydrogen-bond acceptors (Lipinski definition) is 6. The van der Waals surface area contributed by atoms with Crippen molar-refractivity contribution in [1.82, 2.24) is 14.8 Å². The number of aromatic nitrogens is 1. The Morgan fingerprint density at radius 1 is 0.881 bits per heavy atom.